The van der Waals surface area contributed by atoms with Crippen molar-refractivity contribution in [1.29, 1.82) is 0 Å². The number of alkyl halides is 2. The Kier molecular flexibility index (Phi) is 8.28. The van der Waals surface area contributed by atoms with Gasteiger partial charge in [-0.1, -0.05) is 49.8 Å². The van der Waals surface area contributed by atoms with Gasteiger partial charge in [0.25, 0.3) is 11.8 Å². The number of benzene rings is 2. The van der Waals surface area contributed by atoms with Gasteiger partial charge in [-0.05, 0) is 22.9 Å². The molecular formula is C22H8B10ClF2N3O4. The Labute approximate surface area is 258 Å². The molecule has 42 heavy (non-hydrogen) atoms. The SMILES string of the molecule is [B]c1c([B])c(C(F)(F)C(=O)NC([B])c2c([B])c([B])c3c(c2[B])C([B])([B])N(C2CCC(=O)NC2=O)C3=O)c([B])c([B])c1Cl. The predicted molar refractivity (Wildman–Crippen MR) is 162 cm³/mol. The Morgan fingerprint density at radius 1 is 0.952 bits per heavy atom. The molecule has 2 aliphatic rings. The monoisotopic (exact) mass is 561 g/mol. The number of nitrogens with one attached hydrogen (secondary N) is 2. The molecule has 0 aliphatic carbocycles. The number of carbonyl (C=O) groups is 4. The van der Waals surface area contributed by atoms with E-state index in [1.54, 1.807) is 0 Å². The number of rotatable bonds is 5. The van der Waals surface area contributed by atoms with Crippen LogP contribution in [0.25, 0.3) is 0 Å². The van der Waals surface area contributed by atoms with Gasteiger partial charge in [0.2, 0.25) is 11.8 Å². The number of hydrogen-bond donors (Lipinski definition) is 2. The molecule has 1 saturated heterocycles. The number of hydrogen-bond acceptors (Lipinski definition) is 4. The van der Waals surface area contributed by atoms with E-state index in [4.69, 9.17) is 90.1 Å². The Morgan fingerprint density at radius 3 is 2.02 bits per heavy atom. The van der Waals surface area contributed by atoms with E-state index in [0.29, 0.717) is 0 Å². The summed E-state index contributed by atoms with van der Waals surface area (Å²) >= 11 is 5.86. The van der Waals surface area contributed by atoms with E-state index < -0.39 is 96.2 Å². The Morgan fingerprint density at radius 2 is 1.50 bits per heavy atom. The normalized spacial score (nSPS) is 18.9. The highest BCUT2D eigenvalue weighted by Crippen LogP contribution is 2.36. The van der Waals surface area contributed by atoms with Crippen molar-refractivity contribution >= 4 is 152 Å². The minimum atomic E-state index is -4.48. The van der Waals surface area contributed by atoms with Crippen molar-refractivity contribution in [3.8, 4) is 0 Å². The van der Waals surface area contributed by atoms with Crippen LogP contribution >= 0.6 is 11.6 Å². The van der Waals surface area contributed by atoms with E-state index in [9.17, 15) is 19.2 Å². The van der Waals surface area contributed by atoms with Crippen molar-refractivity contribution in [2.75, 3.05) is 0 Å². The van der Waals surface area contributed by atoms with Gasteiger partial charge in [0.05, 0.1) is 15.7 Å². The molecule has 4 rings (SSSR count). The quantitative estimate of drug-likeness (QED) is 0.281. The van der Waals surface area contributed by atoms with Crippen LogP contribution in [0.15, 0.2) is 0 Å². The molecule has 4 amide bonds. The summed E-state index contributed by atoms with van der Waals surface area (Å²) < 4.78 is 30.8. The first-order chi connectivity index (χ1) is 19.3. The van der Waals surface area contributed by atoms with Gasteiger partial charge in [0, 0.05) is 28.5 Å². The third-order valence-electron chi connectivity index (χ3n) is 7.20. The summed E-state index contributed by atoms with van der Waals surface area (Å²) in [6, 6.07) is -1.30. The summed E-state index contributed by atoms with van der Waals surface area (Å²) in [5, 5.41) is 1.21. The molecule has 2 aromatic rings. The number of nitrogens with zero attached hydrogens (tertiary/aromatic N) is 1. The average molecular weight is 560 g/mol. The lowest BCUT2D eigenvalue weighted by Gasteiger charge is -2.41. The number of carbonyl (C=O) groups excluding carboxylic acids is 4. The molecular weight excluding hydrogens is 552 g/mol. The number of imide groups is 1. The molecule has 2 unspecified atom stereocenters. The standard InChI is InChI=1S/C22H8B10ClF2N3O4/c23-9-6(17(30)37-20(42)21(34,35)8-12(26)14(28)16(33)15(29)13(8)27)11(25)10(24)5-7(9)22(31,32)38(19(5)41)3-1-2-4(39)36-18(3)40/h3,17H,1-2H2,(H,37,42)(H,36,39,40). The van der Waals surface area contributed by atoms with E-state index in [1.165, 1.54) is 0 Å². The van der Waals surface area contributed by atoms with Crippen LogP contribution in [0, 0.1) is 0 Å². The van der Waals surface area contributed by atoms with E-state index >= 15 is 8.78 Å². The molecule has 0 saturated carbocycles. The van der Waals surface area contributed by atoms with E-state index in [0.717, 1.165) is 4.90 Å². The summed E-state index contributed by atoms with van der Waals surface area (Å²) in [4.78, 5) is 51.2. The molecule has 2 N–H and O–H groups in total. The van der Waals surface area contributed by atoms with Gasteiger partial charge in [-0.15, -0.1) is 0 Å². The average Bonchev–Trinajstić information content (AvgIpc) is 3.10. The molecule has 20 radical (unpaired) electrons. The van der Waals surface area contributed by atoms with Crippen molar-refractivity contribution in [3.63, 3.8) is 0 Å². The Bertz CT molecular complexity index is 1580. The zero-order valence-electron chi connectivity index (χ0n) is 21.6. The first-order valence-corrected chi connectivity index (χ1v) is 12.3. The maximum Gasteiger partial charge on any atom is 0.348 e. The van der Waals surface area contributed by atoms with E-state index in [2.05, 4.69) is 5.32 Å². The number of piperidine rings is 1. The highest BCUT2D eigenvalue weighted by Gasteiger charge is 2.50. The van der Waals surface area contributed by atoms with E-state index in [1.807, 2.05) is 5.32 Å². The molecule has 0 bridgehead atoms. The molecule has 0 aromatic heterocycles. The molecule has 186 valence electrons. The number of halogens is 3. The molecule has 20 heteroatoms. The van der Waals surface area contributed by atoms with Gasteiger partial charge in [-0.3, -0.25) is 24.5 Å². The smallest absolute Gasteiger partial charge is 0.348 e. The highest BCUT2D eigenvalue weighted by molar-refractivity contribution is 6.64. The third kappa shape index (κ3) is 4.70. The van der Waals surface area contributed by atoms with Crippen LogP contribution in [0.1, 0.15) is 45.8 Å². The fourth-order valence-corrected chi connectivity index (χ4v) is 5.29. The fourth-order valence-electron chi connectivity index (χ4n) is 5.09. The molecule has 2 aromatic carbocycles. The minimum absolute atomic E-state index is 0.126. The van der Waals surface area contributed by atoms with Crippen molar-refractivity contribution in [2.24, 2.45) is 0 Å². The van der Waals surface area contributed by atoms with Gasteiger partial charge in [0.15, 0.2) is 0 Å². The lowest BCUT2D eigenvalue weighted by atomic mass is 9.53. The lowest BCUT2D eigenvalue weighted by molar-refractivity contribution is -0.147. The second kappa shape index (κ2) is 10.8. The van der Waals surface area contributed by atoms with Gasteiger partial charge in [0.1, 0.15) is 68.8 Å². The Balaban J connectivity index is 1.76. The maximum absolute atomic E-state index is 15.4. The number of amides is 4. The summed E-state index contributed by atoms with van der Waals surface area (Å²) in [6.45, 7) is 0. The highest BCUT2D eigenvalue weighted by atomic mass is 35.5. The summed E-state index contributed by atoms with van der Waals surface area (Å²) in [7, 11) is 59.7. The van der Waals surface area contributed by atoms with Gasteiger partial charge in [-0.2, -0.15) is 8.78 Å². The minimum Gasteiger partial charge on any atom is -0.352 e. The van der Waals surface area contributed by atoms with Gasteiger partial charge >= 0.3 is 5.92 Å². The van der Waals surface area contributed by atoms with Crippen LogP contribution in [-0.2, 0) is 25.6 Å². The predicted octanol–water partition coefficient (Wildman–Crippen LogP) is -7.32. The molecule has 7 nitrogen and oxygen atoms in total. The summed E-state index contributed by atoms with van der Waals surface area (Å²) in [5.41, 5.74) is -6.48. The van der Waals surface area contributed by atoms with Crippen molar-refractivity contribution in [3.05, 3.63) is 27.3 Å². The summed E-state index contributed by atoms with van der Waals surface area (Å²) in [6.07, 6.45) is -0.255. The second-order valence-electron chi connectivity index (χ2n) is 9.74. The first-order valence-electron chi connectivity index (χ1n) is 11.9. The largest absolute Gasteiger partial charge is 0.352 e. The van der Waals surface area contributed by atoms with Crippen molar-refractivity contribution in [2.45, 2.75) is 36.1 Å². The van der Waals surface area contributed by atoms with Crippen LogP contribution in [0.3, 0.4) is 0 Å². The summed E-state index contributed by atoms with van der Waals surface area (Å²) in [5.74, 6) is -10.8. The Hall–Kier alpha value is -2.68. The zero-order valence-corrected chi connectivity index (χ0v) is 22.3. The second-order valence-corrected chi connectivity index (χ2v) is 10.1. The van der Waals surface area contributed by atoms with Crippen molar-refractivity contribution in [1.82, 2.24) is 15.5 Å². The van der Waals surface area contributed by atoms with Crippen LogP contribution in [-0.4, -0.2) is 113 Å². The van der Waals surface area contributed by atoms with Gasteiger partial charge < -0.3 is 10.2 Å². The topological polar surface area (TPSA) is 95.6 Å². The molecule has 0 spiro atoms. The fraction of sp³-hybridized carbons (Fsp3) is 0.273. The van der Waals surface area contributed by atoms with Crippen molar-refractivity contribution < 1.29 is 28.0 Å². The molecule has 2 atom stereocenters. The van der Waals surface area contributed by atoms with Crippen LogP contribution in [0.5, 0.6) is 0 Å². The van der Waals surface area contributed by atoms with Crippen LogP contribution in [0.2, 0.25) is 5.02 Å². The molecule has 2 aliphatic heterocycles. The third-order valence-corrected chi connectivity index (χ3v) is 7.61. The van der Waals surface area contributed by atoms with E-state index in [-0.39, 0.29) is 29.0 Å². The molecule has 1 fully saturated rings. The lowest BCUT2D eigenvalue weighted by Crippen LogP contribution is -2.59. The van der Waals surface area contributed by atoms with Crippen LogP contribution in [0.4, 0.5) is 8.78 Å². The maximum atomic E-state index is 15.4. The van der Waals surface area contributed by atoms with Gasteiger partial charge in [-0.25, -0.2) is 0 Å². The molecule has 2 heterocycles. The first kappa shape index (κ1) is 32.2. The van der Waals surface area contributed by atoms with Crippen LogP contribution < -0.4 is 48.9 Å². The zero-order chi connectivity index (χ0) is 31.8. The number of fused-ring (bicyclic) bond motifs is 1.